The molecule has 5 aliphatic rings. The van der Waals surface area contributed by atoms with Gasteiger partial charge in [0.25, 0.3) is 0 Å². The van der Waals surface area contributed by atoms with E-state index < -0.39 is 0 Å². The van der Waals surface area contributed by atoms with E-state index in [-0.39, 0.29) is 18.3 Å². The second-order valence-corrected chi connectivity index (χ2v) is 10.5. The van der Waals surface area contributed by atoms with Gasteiger partial charge in [0.05, 0.1) is 11.2 Å². The third-order valence-corrected chi connectivity index (χ3v) is 7.84. The maximum absolute atomic E-state index is 6.18. The van der Waals surface area contributed by atoms with Crippen LogP contribution in [0.25, 0.3) is 0 Å². The second kappa shape index (κ2) is 5.13. The lowest BCUT2D eigenvalue weighted by Crippen LogP contribution is -2.48. The summed E-state index contributed by atoms with van der Waals surface area (Å²) >= 11 is 0. The first-order chi connectivity index (χ1) is 11.7. The Labute approximate surface area is 151 Å². The van der Waals surface area contributed by atoms with Gasteiger partial charge in [-0.1, -0.05) is 0 Å². The molecular weight excluding hydrogens is 311 g/mol. The van der Waals surface area contributed by atoms with E-state index in [0.29, 0.717) is 5.41 Å². The van der Waals surface area contributed by atoms with Gasteiger partial charge in [-0.05, 0) is 89.4 Å². The van der Waals surface area contributed by atoms with Crippen LogP contribution in [0.3, 0.4) is 0 Å². The lowest BCUT2D eigenvalue weighted by Gasteiger charge is -2.56. The molecule has 4 nitrogen and oxygen atoms in total. The Morgan fingerprint density at radius 3 is 2.04 bits per heavy atom. The molecule has 0 atom stereocenters. The van der Waals surface area contributed by atoms with Crippen molar-refractivity contribution in [3.63, 3.8) is 0 Å². The van der Waals surface area contributed by atoms with E-state index in [4.69, 9.17) is 9.31 Å². The minimum absolute atomic E-state index is 0.292. The number of aromatic nitrogens is 2. The molecule has 1 aromatic heterocycles. The van der Waals surface area contributed by atoms with Gasteiger partial charge in [-0.3, -0.25) is 4.68 Å². The monoisotopic (exact) mass is 342 g/mol. The largest absolute Gasteiger partial charge is 0.498 e. The van der Waals surface area contributed by atoms with Crippen LogP contribution in [0.4, 0.5) is 0 Å². The Morgan fingerprint density at radius 1 is 1.00 bits per heavy atom. The predicted octanol–water partition coefficient (Wildman–Crippen LogP) is 3.40. The maximum atomic E-state index is 6.18. The minimum atomic E-state index is -0.296. The molecule has 5 fully saturated rings. The molecular formula is C20H31BN2O2. The Hall–Kier alpha value is -0.805. The van der Waals surface area contributed by atoms with Crippen molar-refractivity contribution in [2.45, 2.75) is 84.0 Å². The minimum Gasteiger partial charge on any atom is -0.399 e. The van der Waals surface area contributed by atoms with Crippen LogP contribution >= 0.6 is 0 Å². The lowest BCUT2D eigenvalue weighted by atomic mass is 9.49. The Balaban J connectivity index is 1.33. The zero-order valence-electron chi connectivity index (χ0n) is 16.1. The smallest absolute Gasteiger partial charge is 0.399 e. The van der Waals surface area contributed by atoms with Crippen LogP contribution in [0.1, 0.15) is 66.2 Å². The Bertz CT molecular complexity index is 630. The molecule has 0 amide bonds. The molecule has 6 rings (SSSR count). The number of nitrogens with zero attached hydrogens (tertiary/aromatic N) is 2. The van der Waals surface area contributed by atoms with Crippen LogP contribution in [0.5, 0.6) is 0 Å². The summed E-state index contributed by atoms with van der Waals surface area (Å²) < 4.78 is 14.5. The van der Waals surface area contributed by atoms with E-state index in [0.717, 1.165) is 29.8 Å². The van der Waals surface area contributed by atoms with Crippen LogP contribution in [0, 0.1) is 23.2 Å². The van der Waals surface area contributed by atoms with Gasteiger partial charge in [-0.15, -0.1) is 0 Å². The Morgan fingerprint density at radius 2 is 1.52 bits per heavy atom. The fourth-order valence-corrected chi connectivity index (χ4v) is 6.39. The van der Waals surface area contributed by atoms with Gasteiger partial charge in [-0.2, -0.15) is 5.10 Å². The third kappa shape index (κ3) is 2.61. The summed E-state index contributed by atoms with van der Waals surface area (Å²) in [6, 6.07) is 0. The molecule has 1 aliphatic heterocycles. The van der Waals surface area contributed by atoms with E-state index >= 15 is 0 Å². The molecule has 136 valence electrons. The van der Waals surface area contributed by atoms with E-state index in [1.54, 1.807) is 0 Å². The molecule has 0 unspecified atom stereocenters. The third-order valence-electron chi connectivity index (χ3n) is 7.84. The number of hydrogen-bond acceptors (Lipinski definition) is 3. The van der Waals surface area contributed by atoms with Gasteiger partial charge < -0.3 is 9.31 Å². The molecule has 0 radical (unpaired) electrons. The molecule has 1 aromatic rings. The van der Waals surface area contributed by atoms with Crippen LogP contribution in [0.2, 0.25) is 0 Å². The van der Waals surface area contributed by atoms with Crippen molar-refractivity contribution in [1.82, 2.24) is 9.78 Å². The van der Waals surface area contributed by atoms with Crippen molar-refractivity contribution in [3.8, 4) is 0 Å². The van der Waals surface area contributed by atoms with Crippen LogP contribution in [0.15, 0.2) is 12.4 Å². The zero-order valence-corrected chi connectivity index (χ0v) is 16.1. The molecule has 0 N–H and O–H groups in total. The predicted molar refractivity (Wildman–Crippen MR) is 98.5 cm³/mol. The first-order valence-corrected chi connectivity index (χ1v) is 10.1. The van der Waals surface area contributed by atoms with Crippen molar-refractivity contribution < 1.29 is 9.31 Å². The van der Waals surface area contributed by atoms with Gasteiger partial charge in [0.1, 0.15) is 0 Å². The van der Waals surface area contributed by atoms with E-state index in [9.17, 15) is 0 Å². The summed E-state index contributed by atoms with van der Waals surface area (Å²) in [4.78, 5) is 0. The average Bonchev–Trinajstić information content (AvgIpc) is 2.99. The average molecular weight is 342 g/mol. The topological polar surface area (TPSA) is 36.3 Å². The van der Waals surface area contributed by atoms with E-state index in [2.05, 4.69) is 43.7 Å². The fraction of sp³-hybridized carbons (Fsp3) is 0.850. The zero-order chi connectivity index (χ0) is 17.4. The van der Waals surface area contributed by atoms with E-state index in [1.807, 2.05) is 6.20 Å². The van der Waals surface area contributed by atoms with Crippen molar-refractivity contribution in [1.29, 1.82) is 0 Å². The molecule has 25 heavy (non-hydrogen) atoms. The van der Waals surface area contributed by atoms with Crippen LogP contribution < -0.4 is 5.46 Å². The summed E-state index contributed by atoms with van der Waals surface area (Å²) in [5, 5.41) is 4.69. The molecule has 4 aliphatic carbocycles. The standard InChI is InChI=1S/C20H31BN2O2/c1-18(2)19(3,4)25-21(24-18)17-11-22-23(12-17)13-20-8-14-5-15(9-20)7-16(6-14)10-20/h11-12,14-16H,5-10,13H2,1-4H3. The molecule has 0 spiro atoms. The van der Waals surface area contributed by atoms with Gasteiger partial charge in [-0.25, -0.2) is 0 Å². The highest BCUT2D eigenvalue weighted by molar-refractivity contribution is 6.61. The molecule has 5 heteroatoms. The van der Waals surface area contributed by atoms with Crippen molar-refractivity contribution in [3.05, 3.63) is 12.4 Å². The van der Waals surface area contributed by atoms with Crippen molar-refractivity contribution in [2.24, 2.45) is 23.2 Å². The van der Waals surface area contributed by atoms with Gasteiger partial charge in [0.15, 0.2) is 0 Å². The SMILES string of the molecule is CC1(C)OB(c2cnn(CC34CC5CC(CC(C5)C3)C4)c2)OC1(C)C. The summed E-state index contributed by atoms with van der Waals surface area (Å²) in [5.74, 6) is 2.97. The highest BCUT2D eigenvalue weighted by atomic mass is 16.7. The van der Waals surface area contributed by atoms with Crippen LogP contribution in [-0.2, 0) is 15.9 Å². The van der Waals surface area contributed by atoms with Crippen LogP contribution in [-0.4, -0.2) is 28.1 Å². The maximum Gasteiger partial charge on any atom is 0.498 e. The van der Waals surface area contributed by atoms with Crippen molar-refractivity contribution >= 4 is 12.6 Å². The van der Waals surface area contributed by atoms with Crippen molar-refractivity contribution in [2.75, 3.05) is 0 Å². The lowest BCUT2D eigenvalue weighted by molar-refractivity contribution is -0.0635. The summed E-state index contributed by atoms with van der Waals surface area (Å²) in [6.07, 6.45) is 12.9. The summed E-state index contributed by atoms with van der Waals surface area (Å²) in [5.41, 5.74) is 0.983. The Kier molecular flexibility index (Phi) is 3.36. The van der Waals surface area contributed by atoms with Gasteiger partial charge in [0, 0.05) is 24.4 Å². The second-order valence-electron chi connectivity index (χ2n) is 10.5. The number of hydrogen-bond donors (Lipinski definition) is 0. The molecule has 0 aromatic carbocycles. The quantitative estimate of drug-likeness (QED) is 0.790. The molecule has 4 bridgehead atoms. The van der Waals surface area contributed by atoms with Gasteiger partial charge in [0.2, 0.25) is 0 Å². The normalized spacial score (nSPS) is 40.8. The highest BCUT2D eigenvalue weighted by Gasteiger charge is 2.53. The first-order valence-electron chi connectivity index (χ1n) is 10.1. The fourth-order valence-electron chi connectivity index (χ4n) is 6.39. The highest BCUT2D eigenvalue weighted by Crippen LogP contribution is 2.60. The number of rotatable bonds is 3. The molecule has 1 saturated heterocycles. The first kappa shape index (κ1) is 16.4. The summed E-state index contributed by atoms with van der Waals surface area (Å²) in [6.45, 7) is 9.50. The summed E-state index contributed by atoms with van der Waals surface area (Å²) in [7, 11) is -0.296. The molecule has 2 heterocycles. The van der Waals surface area contributed by atoms with Gasteiger partial charge >= 0.3 is 7.12 Å². The molecule has 4 saturated carbocycles. The van der Waals surface area contributed by atoms with E-state index in [1.165, 1.54) is 38.5 Å².